The molecule has 0 atom stereocenters. The van der Waals surface area contributed by atoms with E-state index in [9.17, 15) is 4.79 Å². The third-order valence-electron chi connectivity index (χ3n) is 4.59. The molecule has 0 N–H and O–H groups in total. The molecule has 0 bridgehead atoms. The monoisotopic (exact) mass is 388 g/mol. The molecule has 0 saturated carbocycles. The molecule has 0 amide bonds. The average Bonchev–Trinajstić information content (AvgIpc) is 2.63. The Labute approximate surface area is 164 Å². The Balaban J connectivity index is 1.67. The highest BCUT2D eigenvalue weighted by Crippen LogP contribution is 2.22. The zero-order chi connectivity index (χ0) is 18.5. The number of hydrogen-bond acceptors (Lipinski definition) is 3. The second-order valence-electron chi connectivity index (χ2n) is 6.64. The number of rotatable bonds is 5. The van der Waals surface area contributed by atoms with Crippen molar-refractivity contribution in [3.63, 3.8) is 0 Å². The Morgan fingerprint density at radius 2 is 1.85 bits per heavy atom. The van der Waals surface area contributed by atoms with E-state index in [1.165, 1.54) is 5.56 Å². The maximum atomic E-state index is 12.5. The second-order valence-corrected chi connectivity index (χ2v) is 7.49. The first-order valence-corrected chi connectivity index (χ1v) is 9.44. The van der Waals surface area contributed by atoms with Crippen molar-refractivity contribution in [3.8, 4) is 0 Å². The van der Waals surface area contributed by atoms with Gasteiger partial charge in [-0.3, -0.25) is 9.69 Å². The zero-order valence-corrected chi connectivity index (χ0v) is 16.3. The molecule has 1 heterocycles. The number of halogens is 2. The highest BCUT2D eigenvalue weighted by atomic mass is 35.5. The van der Waals surface area contributed by atoms with Gasteiger partial charge in [0.05, 0.1) is 0 Å². The van der Waals surface area contributed by atoms with E-state index < -0.39 is 0 Å². The van der Waals surface area contributed by atoms with Gasteiger partial charge in [0.15, 0.2) is 5.78 Å². The SMILES string of the molecule is CN1CCN(Cc2cccc(C(=O)C=Cc3ccc(Cl)cc3Cl)c2)CC1. The lowest BCUT2D eigenvalue weighted by molar-refractivity contribution is 0.104. The largest absolute Gasteiger partial charge is 0.304 e. The maximum Gasteiger partial charge on any atom is 0.185 e. The minimum atomic E-state index is -0.0313. The van der Waals surface area contributed by atoms with Crippen molar-refractivity contribution in [2.45, 2.75) is 6.54 Å². The molecule has 0 spiro atoms. The quantitative estimate of drug-likeness (QED) is 0.550. The summed E-state index contributed by atoms with van der Waals surface area (Å²) < 4.78 is 0. The number of hydrogen-bond donors (Lipinski definition) is 0. The predicted octanol–water partition coefficient (Wildman–Crippen LogP) is 4.64. The van der Waals surface area contributed by atoms with Crippen LogP contribution in [0.3, 0.4) is 0 Å². The highest BCUT2D eigenvalue weighted by molar-refractivity contribution is 6.35. The fraction of sp³-hybridized carbons (Fsp3) is 0.286. The van der Waals surface area contributed by atoms with Gasteiger partial charge >= 0.3 is 0 Å². The molecule has 5 heteroatoms. The van der Waals surface area contributed by atoms with Gasteiger partial charge in [0.25, 0.3) is 0 Å². The van der Waals surface area contributed by atoms with Gasteiger partial charge in [-0.2, -0.15) is 0 Å². The third kappa shape index (κ3) is 5.18. The van der Waals surface area contributed by atoms with Crippen molar-refractivity contribution < 1.29 is 4.79 Å². The molecule has 0 unspecified atom stereocenters. The van der Waals surface area contributed by atoms with Gasteiger partial charge in [0, 0.05) is 48.3 Å². The van der Waals surface area contributed by atoms with E-state index in [1.807, 2.05) is 18.2 Å². The van der Waals surface area contributed by atoms with Crippen LogP contribution in [-0.2, 0) is 6.54 Å². The molecule has 2 aromatic carbocycles. The van der Waals surface area contributed by atoms with Crippen molar-refractivity contribution in [3.05, 3.63) is 75.3 Å². The Morgan fingerprint density at radius 3 is 2.58 bits per heavy atom. The lowest BCUT2D eigenvalue weighted by atomic mass is 10.1. The standard InChI is InChI=1S/C21H22Cl2N2O/c1-24-9-11-25(12-10-24)15-16-3-2-4-18(13-16)21(26)8-6-17-5-7-19(22)14-20(17)23/h2-8,13-14H,9-12,15H2,1H3. The number of piperazine rings is 1. The van der Waals surface area contributed by atoms with E-state index in [0.717, 1.165) is 38.3 Å². The molecule has 2 aromatic rings. The molecule has 136 valence electrons. The van der Waals surface area contributed by atoms with Gasteiger partial charge in [0.1, 0.15) is 0 Å². The van der Waals surface area contributed by atoms with Crippen LogP contribution in [0, 0.1) is 0 Å². The normalized spacial score (nSPS) is 16.3. The fourth-order valence-corrected chi connectivity index (χ4v) is 3.46. The number of ketones is 1. The zero-order valence-electron chi connectivity index (χ0n) is 14.8. The summed E-state index contributed by atoms with van der Waals surface area (Å²) in [7, 11) is 2.15. The van der Waals surface area contributed by atoms with Gasteiger partial charge in [-0.25, -0.2) is 0 Å². The van der Waals surface area contributed by atoms with Crippen LogP contribution in [-0.4, -0.2) is 48.8 Å². The summed E-state index contributed by atoms with van der Waals surface area (Å²) in [5.41, 5.74) is 2.63. The van der Waals surface area contributed by atoms with Crippen LogP contribution >= 0.6 is 23.2 Å². The first kappa shape index (κ1) is 19.1. The molecular weight excluding hydrogens is 367 g/mol. The molecule has 3 nitrogen and oxygen atoms in total. The smallest absolute Gasteiger partial charge is 0.185 e. The topological polar surface area (TPSA) is 23.6 Å². The van der Waals surface area contributed by atoms with Crippen LogP contribution in [0.25, 0.3) is 6.08 Å². The van der Waals surface area contributed by atoms with Gasteiger partial charge in [-0.05, 0) is 48.5 Å². The molecule has 1 aliphatic heterocycles. The minimum Gasteiger partial charge on any atom is -0.304 e. The third-order valence-corrected chi connectivity index (χ3v) is 5.15. The number of nitrogens with zero attached hydrogens (tertiary/aromatic N) is 2. The Morgan fingerprint density at radius 1 is 1.08 bits per heavy atom. The van der Waals surface area contributed by atoms with Gasteiger partial charge in [0.2, 0.25) is 0 Å². The summed E-state index contributed by atoms with van der Waals surface area (Å²) >= 11 is 12.0. The molecule has 1 aliphatic rings. The van der Waals surface area contributed by atoms with Crippen molar-refractivity contribution >= 4 is 35.1 Å². The van der Waals surface area contributed by atoms with E-state index in [2.05, 4.69) is 22.9 Å². The lowest BCUT2D eigenvalue weighted by Gasteiger charge is -2.32. The summed E-state index contributed by atoms with van der Waals surface area (Å²) in [5, 5.41) is 1.11. The second kappa shape index (κ2) is 8.83. The first-order chi connectivity index (χ1) is 12.5. The number of carbonyl (C=O) groups is 1. The van der Waals surface area contributed by atoms with Crippen LogP contribution < -0.4 is 0 Å². The molecule has 0 aliphatic carbocycles. The Hall–Kier alpha value is -1.65. The van der Waals surface area contributed by atoms with Crippen molar-refractivity contribution in [2.24, 2.45) is 0 Å². The van der Waals surface area contributed by atoms with Crippen molar-refractivity contribution in [2.75, 3.05) is 33.2 Å². The van der Waals surface area contributed by atoms with Crippen LogP contribution in [0.2, 0.25) is 10.0 Å². The molecule has 26 heavy (non-hydrogen) atoms. The maximum absolute atomic E-state index is 12.5. The molecule has 3 rings (SSSR count). The summed E-state index contributed by atoms with van der Waals surface area (Å²) in [5.74, 6) is -0.0313. The summed E-state index contributed by atoms with van der Waals surface area (Å²) in [6, 6.07) is 13.1. The van der Waals surface area contributed by atoms with E-state index in [0.29, 0.717) is 15.6 Å². The van der Waals surface area contributed by atoms with E-state index in [-0.39, 0.29) is 5.78 Å². The lowest BCUT2D eigenvalue weighted by Crippen LogP contribution is -2.43. The first-order valence-electron chi connectivity index (χ1n) is 8.68. The Kier molecular flexibility index (Phi) is 6.49. The van der Waals surface area contributed by atoms with Crippen LogP contribution in [0.1, 0.15) is 21.5 Å². The van der Waals surface area contributed by atoms with Gasteiger partial charge in [-0.15, -0.1) is 0 Å². The van der Waals surface area contributed by atoms with Crippen LogP contribution in [0.5, 0.6) is 0 Å². The molecule has 0 aromatic heterocycles. The minimum absolute atomic E-state index is 0.0313. The molecular formula is C21H22Cl2N2O. The Bertz CT molecular complexity index is 811. The van der Waals surface area contributed by atoms with Crippen LogP contribution in [0.4, 0.5) is 0 Å². The number of allylic oxidation sites excluding steroid dienone is 1. The number of likely N-dealkylation sites (N-methyl/N-ethyl adjacent to an activating group) is 1. The van der Waals surface area contributed by atoms with Gasteiger partial charge in [-0.1, -0.05) is 47.5 Å². The average molecular weight is 389 g/mol. The molecule has 1 saturated heterocycles. The highest BCUT2D eigenvalue weighted by Gasteiger charge is 2.14. The molecule has 1 fully saturated rings. The van der Waals surface area contributed by atoms with Crippen molar-refractivity contribution in [1.29, 1.82) is 0 Å². The predicted molar refractivity (Wildman–Crippen MR) is 109 cm³/mol. The fourth-order valence-electron chi connectivity index (χ4n) is 2.99. The molecule has 0 radical (unpaired) electrons. The summed E-state index contributed by atoms with van der Waals surface area (Å²) in [6.45, 7) is 5.17. The summed E-state index contributed by atoms with van der Waals surface area (Å²) in [6.07, 6.45) is 3.29. The van der Waals surface area contributed by atoms with Gasteiger partial charge < -0.3 is 4.90 Å². The number of carbonyl (C=O) groups excluding carboxylic acids is 1. The number of benzene rings is 2. The van der Waals surface area contributed by atoms with E-state index in [4.69, 9.17) is 23.2 Å². The van der Waals surface area contributed by atoms with E-state index >= 15 is 0 Å². The van der Waals surface area contributed by atoms with Crippen LogP contribution in [0.15, 0.2) is 48.5 Å². The summed E-state index contributed by atoms with van der Waals surface area (Å²) in [4.78, 5) is 17.3. The van der Waals surface area contributed by atoms with E-state index in [1.54, 1.807) is 30.4 Å². The van der Waals surface area contributed by atoms with Crippen molar-refractivity contribution in [1.82, 2.24) is 9.80 Å².